The molecule has 3 nitrogen and oxygen atoms in total. The van der Waals surface area contributed by atoms with Crippen molar-refractivity contribution in [1.82, 2.24) is 0 Å². The second-order valence-electron chi connectivity index (χ2n) is 6.36. The van der Waals surface area contributed by atoms with E-state index in [0.717, 1.165) is 43.6 Å². The molecule has 25 heavy (non-hydrogen) atoms. The van der Waals surface area contributed by atoms with E-state index in [9.17, 15) is 9.18 Å². The minimum Gasteiger partial charge on any atom is -0.370 e. The summed E-state index contributed by atoms with van der Waals surface area (Å²) in [5, 5.41) is 3.48. The Morgan fingerprint density at radius 1 is 1.12 bits per heavy atom. The molecule has 0 radical (unpaired) electrons. The van der Waals surface area contributed by atoms with Gasteiger partial charge in [-0.3, -0.25) is 4.79 Å². The monoisotopic (exact) mass is 360 g/mol. The summed E-state index contributed by atoms with van der Waals surface area (Å²) in [5.41, 5.74) is 2.23. The zero-order valence-corrected chi connectivity index (χ0v) is 14.9. The van der Waals surface area contributed by atoms with Crippen LogP contribution < -0.4 is 10.2 Å². The third-order valence-electron chi connectivity index (χ3n) is 4.49. The Morgan fingerprint density at radius 3 is 2.56 bits per heavy atom. The van der Waals surface area contributed by atoms with Crippen LogP contribution in [0.5, 0.6) is 0 Å². The van der Waals surface area contributed by atoms with Crippen LogP contribution in [-0.4, -0.2) is 19.0 Å². The van der Waals surface area contributed by atoms with Crippen LogP contribution in [-0.2, 0) is 11.2 Å². The van der Waals surface area contributed by atoms with Crippen LogP contribution in [0.3, 0.4) is 0 Å². The standard InChI is InChI=1S/C20H22ClFN2O/c21-16-11-9-15(10-12-16)5-3-8-19(25)23-20-17(22)6-4-7-18(20)24-13-1-2-14-24/h4,6-7,9-12H,1-3,5,8,13-14H2,(H,23,25). The van der Waals surface area contributed by atoms with Crippen molar-refractivity contribution in [2.75, 3.05) is 23.3 Å². The highest BCUT2D eigenvalue weighted by Gasteiger charge is 2.19. The molecule has 0 aromatic heterocycles. The number of carbonyl (C=O) groups excluding carboxylic acids is 1. The lowest BCUT2D eigenvalue weighted by Gasteiger charge is -2.22. The van der Waals surface area contributed by atoms with Crippen molar-refractivity contribution in [3.05, 3.63) is 58.9 Å². The second-order valence-corrected chi connectivity index (χ2v) is 6.79. The molecule has 1 aliphatic rings. The molecule has 2 aromatic carbocycles. The van der Waals surface area contributed by atoms with Crippen molar-refractivity contribution in [3.8, 4) is 0 Å². The number of amides is 1. The summed E-state index contributed by atoms with van der Waals surface area (Å²) in [6.45, 7) is 1.81. The van der Waals surface area contributed by atoms with E-state index in [2.05, 4.69) is 10.2 Å². The summed E-state index contributed by atoms with van der Waals surface area (Å²) < 4.78 is 14.2. The number of aryl methyl sites for hydroxylation is 1. The van der Waals surface area contributed by atoms with Crippen molar-refractivity contribution < 1.29 is 9.18 Å². The van der Waals surface area contributed by atoms with Crippen molar-refractivity contribution >= 4 is 28.9 Å². The number of anilines is 2. The molecule has 3 rings (SSSR count). The summed E-state index contributed by atoms with van der Waals surface area (Å²) in [6, 6.07) is 12.6. The van der Waals surface area contributed by atoms with Gasteiger partial charge in [0.1, 0.15) is 11.5 Å². The lowest BCUT2D eigenvalue weighted by molar-refractivity contribution is -0.116. The van der Waals surface area contributed by atoms with E-state index < -0.39 is 0 Å². The van der Waals surface area contributed by atoms with Crippen LogP contribution in [0, 0.1) is 5.82 Å². The van der Waals surface area contributed by atoms with Crippen molar-refractivity contribution in [3.63, 3.8) is 0 Å². The quantitative estimate of drug-likeness (QED) is 0.782. The van der Waals surface area contributed by atoms with Gasteiger partial charge in [-0.25, -0.2) is 4.39 Å². The summed E-state index contributed by atoms with van der Waals surface area (Å²) in [5.74, 6) is -0.532. The molecule has 1 aliphatic heterocycles. The Kier molecular flexibility index (Phi) is 5.92. The first-order valence-corrected chi connectivity index (χ1v) is 9.09. The van der Waals surface area contributed by atoms with E-state index >= 15 is 0 Å². The van der Waals surface area contributed by atoms with Crippen LogP contribution in [0.2, 0.25) is 5.02 Å². The Balaban J connectivity index is 1.58. The molecule has 0 atom stereocenters. The number of hydrogen-bond donors (Lipinski definition) is 1. The van der Waals surface area contributed by atoms with Gasteiger partial charge < -0.3 is 10.2 Å². The van der Waals surface area contributed by atoms with E-state index in [-0.39, 0.29) is 11.7 Å². The molecule has 1 fully saturated rings. The van der Waals surface area contributed by atoms with Gasteiger partial charge in [0, 0.05) is 24.5 Å². The molecule has 1 heterocycles. The second kappa shape index (κ2) is 8.34. The number of rotatable bonds is 6. The fourth-order valence-electron chi connectivity index (χ4n) is 3.16. The maximum atomic E-state index is 14.2. The highest BCUT2D eigenvalue weighted by Crippen LogP contribution is 2.31. The van der Waals surface area contributed by atoms with Gasteiger partial charge in [0.25, 0.3) is 0 Å². The zero-order chi connectivity index (χ0) is 17.6. The Morgan fingerprint density at radius 2 is 1.84 bits per heavy atom. The molecule has 0 bridgehead atoms. The van der Waals surface area contributed by atoms with Crippen molar-refractivity contribution in [2.45, 2.75) is 32.1 Å². The van der Waals surface area contributed by atoms with Gasteiger partial charge in [0.15, 0.2) is 0 Å². The number of carbonyl (C=O) groups is 1. The smallest absolute Gasteiger partial charge is 0.224 e. The van der Waals surface area contributed by atoms with Crippen LogP contribution in [0.1, 0.15) is 31.2 Å². The molecule has 0 spiro atoms. The average Bonchev–Trinajstić information content (AvgIpc) is 3.13. The van der Waals surface area contributed by atoms with E-state index in [1.165, 1.54) is 6.07 Å². The van der Waals surface area contributed by atoms with Crippen LogP contribution in [0.15, 0.2) is 42.5 Å². The van der Waals surface area contributed by atoms with E-state index in [0.29, 0.717) is 23.6 Å². The molecule has 0 aliphatic carbocycles. The first-order chi connectivity index (χ1) is 12.1. The highest BCUT2D eigenvalue weighted by atomic mass is 35.5. The maximum absolute atomic E-state index is 14.2. The van der Waals surface area contributed by atoms with Crippen LogP contribution in [0.25, 0.3) is 0 Å². The average molecular weight is 361 g/mol. The predicted octanol–water partition coefficient (Wildman–Crippen LogP) is 5.04. The summed E-state index contributed by atoms with van der Waals surface area (Å²) in [7, 11) is 0. The molecular weight excluding hydrogens is 339 g/mol. The molecule has 0 saturated carbocycles. The number of nitrogens with one attached hydrogen (secondary N) is 1. The largest absolute Gasteiger partial charge is 0.370 e. The van der Waals surface area contributed by atoms with E-state index in [1.54, 1.807) is 6.07 Å². The lowest BCUT2D eigenvalue weighted by Crippen LogP contribution is -2.22. The van der Waals surface area contributed by atoms with Gasteiger partial charge in [-0.15, -0.1) is 0 Å². The normalized spacial score (nSPS) is 13.9. The molecule has 5 heteroatoms. The van der Waals surface area contributed by atoms with Crippen LogP contribution >= 0.6 is 11.6 Å². The molecule has 2 aromatic rings. The number of hydrogen-bond acceptors (Lipinski definition) is 2. The van der Waals surface area contributed by atoms with Gasteiger partial charge >= 0.3 is 0 Å². The molecular formula is C20H22ClFN2O. The highest BCUT2D eigenvalue weighted by molar-refractivity contribution is 6.30. The van der Waals surface area contributed by atoms with Crippen LogP contribution in [0.4, 0.5) is 15.8 Å². The first kappa shape index (κ1) is 17.7. The summed E-state index contributed by atoms with van der Waals surface area (Å²) >= 11 is 5.87. The zero-order valence-electron chi connectivity index (χ0n) is 14.1. The Labute approximate surface area is 152 Å². The van der Waals surface area contributed by atoms with Crippen molar-refractivity contribution in [2.24, 2.45) is 0 Å². The first-order valence-electron chi connectivity index (χ1n) is 8.71. The van der Waals surface area contributed by atoms with Gasteiger partial charge in [-0.1, -0.05) is 29.8 Å². The summed E-state index contributed by atoms with van der Waals surface area (Å²) in [4.78, 5) is 14.4. The molecule has 1 amide bonds. The number of halogens is 2. The maximum Gasteiger partial charge on any atom is 0.224 e. The number of para-hydroxylation sites is 1. The van der Waals surface area contributed by atoms with Gasteiger partial charge in [-0.2, -0.15) is 0 Å². The number of benzene rings is 2. The third-order valence-corrected chi connectivity index (χ3v) is 4.74. The van der Waals surface area contributed by atoms with Gasteiger partial charge in [0.2, 0.25) is 5.91 Å². The number of nitrogens with zero attached hydrogens (tertiary/aromatic N) is 1. The van der Waals surface area contributed by atoms with E-state index in [4.69, 9.17) is 11.6 Å². The molecule has 132 valence electrons. The third kappa shape index (κ3) is 4.73. The van der Waals surface area contributed by atoms with E-state index in [1.807, 2.05) is 30.3 Å². The van der Waals surface area contributed by atoms with Gasteiger partial charge in [0.05, 0.1) is 5.69 Å². The lowest BCUT2D eigenvalue weighted by atomic mass is 10.1. The summed E-state index contributed by atoms with van der Waals surface area (Å²) in [6.07, 6.45) is 4.06. The SMILES string of the molecule is O=C(CCCc1ccc(Cl)cc1)Nc1c(F)cccc1N1CCCC1. The fourth-order valence-corrected chi connectivity index (χ4v) is 3.29. The Bertz CT molecular complexity index is 727. The topological polar surface area (TPSA) is 32.3 Å². The molecule has 0 unspecified atom stereocenters. The predicted molar refractivity (Wildman–Crippen MR) is 101 cm³/mol. The van der Waals surface area contributed by atoms with Crippen molar-refractivity contribution in [1.29, 1.82) is 0 Å². The molecule has 1 N–H and O–H groups in total. The molecule has 1 saturated heterocycles. The minimum absolute atomic E-state index is 0.153. The minimum atomic E-state index is -0.379. The van der Waals surface area contributed by atoms with Gasteiger partial charge in [-0.05, 0) is 55.5 Å². The Hall–Kier alpha value is -2.07. The fraction of sp³-hybridized carbons (Fsp3) is 0.350.